The summed E-state index contributed by atoms with van der Waals surface area (Å²) in [4.78, 5) is 11.2. The maximum absolute atomic E-state index is 11.2. The molecule has 4 heteroatoms. The third-order valence-corrected chi connectivity index (χ3v) is 3.75. The molecular formula is C15H22BrNO2. The summed E-state index contributed by atoms with van der Waals surface area (Å²) in [5.41, 5.74) is 1.30. The van der Waals surface area contributed by atoms with E-state index in [0.717, 1.165) is 38.6 Å². The van der Waals surface area contributed by atoms with Gasteiger partial charge < -0.3 is 10.4 Å². The van der Waals surface area contributed by atoms with Gasteiger partial charge in [-0.25, -0.2) is 0 Å². The minimum absolute atomic E-state index is 0. The van der Waals surface area contributed by atoms with Crippen molar-refractivity contribution in [1.82, 2.24) is 5.32 Å². The molecule has 106 valence electrons. The second-order valence-corrected chi connectivity index (χ2v) is 5.03. The molecule has 1 aliphatic rings. The van der Waals surface area contributed by atoms with Crippen LogP contribution in [0.1, 0.15) is 31.2 Å². The quantitative estimate of drug-likeness (QED) is 0.873. The summed E-state index contributed by atoms with van der Waals surface area (Å²) in [6.45, 7) is 0.860. The number of rotatable bonds is 5. The van der Waals surface area contributed by atoms with E-state index < -0.39 is 5.97 Å². The maximum atomic E-state index is 11.2. The van der Waals surface area contributed by atoms with Gasteiger partial charge in [0.1, 0.15) is 0 Å². The molecule has 2 rings (SSSR count). The Kier molecular flexibility index (Phi) is 7.10. The summed E-state index contributed by atoms with van der Waals surface area (Å²) >= 11 is 0. The van der Waals surface area contributed by atoms with E-state index >= 15 is 0 Å². The van der Waals surface area contributed by atoms with Gasteiger partial charge in [0.05, 0.1) is 5.92 Å². The molecule has 1 aromatic carbocycles. The standard InChI is InChI=1S/C15H21NO2.BrH/c17-15(18)13-8-4-5-9-14(13)16-11-10-12-6-2-1-3-7-12;/h1-3,6-7,13-14,16H,4-5,8-11H2,(H,17,18);1H. The SMILES string of the molecule is Br.O=C(O)C1CCCCC1NCCc1ccccc1. The lowest BCUT2D eigenvalue weighted by atomic mass is 9.84. The van der Waals surface area contributed by atoms with E-state index in [1.165, 1.54) is 5.56 Å². The molecule has 0 radical (unpaired) electrons. The topological polar surface area (TPSA) is 49.3 Å². The van der Waals surface area contributed by atoms with Gasteiger partial charge in [-0.2, -0.15) is 0 Å². The van der Waals surface area contributed by atoms with Crippen LogP contribution in [-0.2, 0) is 11.2 Å². The lowest BCUT2D eigenvalue weighted by Crippen LogP contribution is -2.43. The van der Waals surface area contributed by atoms with E-state index in [2.05, 4.69) is 17.4 Å². The predicted molar refractivity (Wildman–Crippen MR) is 81.9 cm³/mol. The number of hydrogen-bond donors (Lipinski definition) is 2. The van der Waals surface area contributed by atoms with Crippen molar-refractivity contribution in [2.75, 3.05) is 6.54 Å². The molecule has 2 N–H and O–H groups in total. The molecule has 2 atom stereocenters. The highest BCUT2D eigenvalue weighted by Crippen LogP contribution is 2.24. The van der Waals surface area contributed by atoms with Gasteiger partial charge >= 0.3 is 5.97 Å². The number of carboxylic acids is 1. The summed E-state index contributed by atoms with van der Waals surface area (Å²) in [5, 5.41) is 12.6. The first-order chi connectivity index (χ1) is 8.77. The van der Waals surface area contributed by atoms with E-state index in [0.29, 0.717) is 0 Å². The average molecular weight is 328 g/mol. The molecule has 19 heavy (non-hydrogen) atoms. The summed E-state index contributed by atoms with van der Waals surface area (Å²) < 4.78 is 0. The lowest BCUT2D eigenvalue weighted by Gasteiger charge is -2.29. The Bertz CT molecular complexity index is 383. The molecule has 0 bridgehead atoms. The molecule has 0 saturated heterocycles. The zero-order valence-corrected chi connectivity index (χ0v) is 12.8. The van der Waals surface area contributed by atoms with Crippen molar-refractivity contribution in [3.05, 3.63) is 35.9 Å². The first-order valence-corrected chi connectivity index (χ1v) is 6.77. The molecule has 1 aliphatic carbocycles. The third kappa shape index (κ3) is 4.96. The van der Waals surface area contributed by atoms with Crippen molar-refractivity contribution in [2.24, 2.45) is 5.92 Å². The number of benzene rings is 1. The monoisotopic (exact) mass is 327 g/mol. The van der Waals surface area contributed by atoms with Gasteiger partial charge in [-0.1, -0.05) is 43.2 Å². The second-order valence-electron chi connectivity index (χ2n) is 5.03. The number of hydrogen-bond acceptors (Lipinski definition) is 2. The highest BCUT2D eigenvalue weighted by Gasteiger charge is 2.29. The van der Waals surface area contributed by atoms with Crippen LogP contribution in [-0.4, -0.2) is 23.7 Å². The van der Waals surface area contributed by atoms with Crippen LogP contribution in [0, 0.1) is 5.92 Å². The van der Waals surface area contributed by atoms with Gasteiger partial charge in [0.2, 0.25) is 0 Å². The molecule has 3 nitrogen and oxygen atoms in total. The van der Waals surface area contributed by atoms with Crippen molar-refractivity contribution in [1.29, 1.82) is 0 Å². The Hall–Kier alpha value is -0.870. The van der Waals surface area contributed by atoms with Gasteiger partial charge in [-0.05, 0) is 31.4 Å². The van der Waals surface area contributed by atoms with Crippen LogP contribution < -0.4 is 5.32 Å². The number of carboxylic acid groups (broad SMARTS) is 1. The number of carbonyl (C=O) groups is 1. The summed E-state index contributed by atoms with van der Waals surface area (Å²) in [7, 11) is 0. The molecule has 1 aromatic rings. The van der Waals surface area contributed by atoms with E-state index in [-0.39, 0.29) is 28.9 Å². The van der Waals surface area contributed by atoms with E-state index in [9.17, 15) is 9.90 Å². The van der Waals surface area contributed by atoms with Crippen molar-refractivity contribution in [2.45, 2.75) is 38.1 Å². The smallest absolute Gasteiger partial charge is 0.308 e. The second kappa shape index (κ2) is 8.33. The summed E-state index contributed by atoms with van der Waals surface area (Å²) in [5.74, 6) is -0.846. The summed E-state index contributed by atoms with van der Waals surface area (Å²) in [6.07, 6.45) is 4.97. The lowest BCUT2D eigenvalue weighted by molar-refractivity contribution is -0.143. The van der Waals surface area contributed by atoms with Crippen LogP contribution in [0.5, 0.6) is 0 Å². The van der Waals surface area contributed by atoms with Gasteiger partial charge in [-0.15, -0.1) is 17.0 Å². The predicted octanol–water partition coefficient (Wildman–Crippen LogP) is 3.04. The Morgan fingerprint density at radius 2 is 1.89 bits per heavy atom. The van der Waals surface area contributed by atoms with Gasteiger partial charge in [-0.3, -0.25) is 4.79 Å². The Morgan fingerprint density at radius 3 is 2.58 bits per heavy atom. The molecular weight excluding hydrogens is 306 g/mol. The molecule has 1 saturated carbocycles. The van der Waals surface area contributed by atoms with Crippen LogP contribution in [0.25, 0.3) is 0 Å². The maximum Gasteiger partial charge on any atom is 0.308 e. The van der Waals surface area contributed by atoms with Crippen LogP contribution in [0.4, 0.5) is 0 Å². The molecule has 0 heterocycles. The first kappa shape index (κ1) is 16.2. The van der Waals surface area contributed by atoms with Crippen molar-refractivity contribution in [3.63, 3.8) is 0 Å². The minimum Gasteiger partial charge on any atom is -0.481 e. The van der Waals surface area contributed by atoms with Crippen molar-refractivity contribution >= 4 is 23.0 Å². The van der Waals surface area contributed by atoms with Gasteiger partial charge in [0.15, 0.2) is 0 Å². The molecule has 0 aromatic heterocycles. The van der Waals surface area contributed by atoms with Crippen molar-refractivity contribution in [3.8, 4) is 0 Å². The number of aliphatic carboxylic acids is 1. The van der Waals surface area contributed by atoms with E-state index in [1.54, 1.807) is 0 Å². The molecule has 2 unspecified atom stereocenters. The Morgan fingerprint density at radius 1 is 1.21 bits per heavy atom. The average Bonchev–Trinajstić information content (AvgIpc) is 2.40. The fraction of sp³-hybridized carbons (Fsp3) is 0.533. The zero-order valence-electron chi connectivity index (χ0n) is 11.0. The van der Waals surface area contributed by atoms with Crippen LogP contribution >= 0.6 is 17.0 Å². The zero-order chi connectivity index (χ0) is 12.8. The van der Waals surface area contributed by atoms with E-state index in [4.69, 9.17) is 0 Å². The molecule has 0 aliphatic heterocycles. The minimum atomic E-state index is -0.646. The molecule has 0 amide bonds. The van der Waals surface area contributed by atoms with Gasteiger partial charge in [0.25, 0.3) is 0 Å². The van der Waals surface area contributed by atoms with Crippen LogP contribution in [0.2, 0.25) is 0 Å². The third-order valence-electron chi connectivity index (χ3n) is 3.75. The fourth-order valence-electron chi connectivity index (χ4n) is 2.72. The highest BCUT2D eigenvalue weighted by molar-refractivity contribution is 8.93. The number of halogens is 1. The summed E-state index contributed by atoms with van der Waals surface area (Å²) in [6, 6.07) is 10.5. The normalized spacial score (nSPS) is 22.5. The van der Waals surface area contributed by atoms with Crippen molar-refractivity contribution < 1.29 is 9.90 Å². The number of nitrogens with one attached hydrogen (secondary N) is 1. The van der Waals surface area contributed by atoms with Crippen LogP contribution in [0.3, 0.4) is 0 Å². The molecule has 0 spiro atoms. The fourth-order valence-corrected chi connectivity index (χ4v) is 2.72. The van der Waals surface area contributed by atoms with Gasteiger partial charge in [0, 0.05) is 6.04 Å². The van der Waals surface area contributed by atoms with Crippen LogP contribution in [0.15, 0.2) is 30.3 Å². The van der Waals surface area contributed by atoms with E-state index in [1.807, 2.05) is 18.2 Å². The highest BCUT2D eigenvalue weighted by atomic mass is 79.9. The first-order valence-electron chi connectivity index (χ1n) is 6.77. The Balaban J connectivity index is 0.00000180. The largest absolute Gasteiger partial charge is 0.481 e. The Labute approximate surface area is 125 Å². The molecule has 1 fully saturated rings.